The zero-order valence-electron chi connectivity index (χ0n) is 15.0. The van der Waals surface area contributed by atoms with Gasteiger partial charge in [0.25, 0.3) is 11.8 Å². The second-order valence-corrected chi connectivity index (χ2v) is 7.04. The molecule has 8 heteroatoms. The number of carbonyl (C=O) groups excluding carboxylic acids is 4. The first-order chi connectivity index (χ1) is 13.3. The van der Waals surface area contributed by atoms with Gasteiger partial charge in [0, 0.05) is 6.92 Å². The Balaban J connectivity index is 1.95. The molecule has 0 saturated heterocycles. The van der Waals surface area contributed by atoms with Crippen molar-refractivity contribution in [2.75, 3.05) is 7.11 Å². The normalized spacial score (nSPS) is 15.0. The second-order valence-electron chi connectivity index (χ2n) is 6.06. The van der Waals surface area contributed by atoms with Crippen LogP contribution in [0.15, 0.2) is 48.5 Å². The number of benzene rings is 2. The van der Waals surface area contributed by atoms with Crippen LogP contribution in [0, 0.1) is 0 Å². The molecule has 0 bridgehead atoms. The van der Waals surface area contributed by atoms with E-state index in [1.165, 1.54) is 14.0 Å². The third-order valence-electron chi connectivity index (χ3n) is 4.28. The lowest BCUT2D eigenvalue weighted by Gasteiger charge is -2.28. The van der Waals surface area contributed by atoms with Gasteiger partial charge < -0.3 is 9.47 Å². The van der Waals surface area contributed by atoms with Gasteiger partial charge in [-0.2, -0.15) is 0 Å². The highest BCUT2D eigenvalue weighted by Gasteiger charge is 2.46. The summed E-state index contributed by atoms with van der Waals surface area (Å²) in [4.78, 5) is 49.3. The maximum atomic E-state index is 12.8. The number of rotatable bonds is 5. The third kappa shape index (κ3) is 3.55. The molecule has 1 aliphatic rings. The maximum absolute atomic E-state index is 12.8. The number of alkyl halides is 1. The van der Waals surface area contributed by atoms with E-state index in [9.17, 15) is 19.2 Å². The van der Waals surface area contributed by atoms with Crippen LogP contribution in [0.5, 0.6) is 5.75 Å². The van der Waals surface area contributed by atoms with Crippen molar-refractivity contribution < 1.29 is 28.7 Å². The van der Waals surface area contributed by atoms with Crippen LogP contribution in [-0.4, -0.2) is 41.8 Å². The predicted octanol–water partition coefficient (Wildman–Crippen LogP) is 2.89. The van der Waals surface area contributed by atoms with Crippen LogP contribution in [0.3, 0.4) is 0 Å². The van der Waals surface area contributed by atoms with Gasteiger partial charge in [-0.25, -0.2) is 4.79 Å². The summed E-state index contributed by atoms with van der Waals surface area (Å²) in [6.07, 6.45) is 0. The van der Waals surface area contributed by atoms with Crippen LogP contribution in [-0.2, 0) is 14.3 Å². The molecule has 2 aromatic rings. The zero-order valence-corrected chi connectivity index (χ0v) is 16.6. The van der Waals surface area contributed by atoms with E-state index in [0.717, 1.165) is 4.90 Å². The largest absolute Gasteiger partial charge is 0.467 e. The van der Waals surface area contributed by atoms with E-state index in [4.69, 9.17) is 9.47 Å². The van der Waals surface area contributed by atoms with E-state index in [0.29, 0.717) is 11.3 Å². The lowest BCUT2D eigenvalue weighted by atomic mass is 10.0. The molecule has 2 aromatic carbocycles. The summed E-state index contributed by atoms with van der Waals surface area (Å²) >= 11 is 3.42. The van der Waals surface area contributed by atoms with Gasteiger partial charge in [0.1, 0.15) is 5.75 Å². The fraction of sp³-hybridized carbons (Fsp3) is 0.200. The predicted molar refractivity (Wildman–Crippen MR) is 102 cm³/mol. The maximum Gasteiger partial charge on any atom is 0.330 e. The Bertz CT molecular complexity index is 920. The number of hydrogen-bond donors (Lipinski definition) is 0. The number of fused-ring (bicyclic) bond motifs is 1. The molecular weight excluding hydrogens is 430 g/mol. The minimum absolute atomic E-state index is 0.242. The molecule has 0 fully saturated rings. The number of ether oxygens (including phenoxy) is 2. The summed E-state index contributed by atoms with van der Waals surface area (Å²) < 4.78 is 9.84. The highest BCUT2D eigenvalue weighted by Crippen LogP contribution is 2.36. The van der Waals surface area contributed by atoms with Crippen LogP contribution >= 0.6 is 15.9 Å². The van der Waals surface area contributed by atoms with E-state index < -0.39 is 34.6 Å². The second kappa shape index (κ2) is 7.93. The third-order valence-corrected chi connectivity index (χ3v) is 5.31. The lowest BCUT2D eigenvalue weighted by molar-refractivity contribution is -0.145. The first-order valence-corrected chi connectivity index (χ1v) is 9.24. The average Bonchev–Trinajstić information content (AvgIpc) is 2.93. The quantitative estimate of drug-likeness (QED) is 0.304. The molecule has 0 aliphatic carbocycles. The minimum atomic E-state index is -1.21. The van der Waals surface area contributed by atoms with E-state index >= 15 is 0 Å². The number of halogens is 1. The molecule has 0 aromatic heterocycles. The summed E-state index contributed by atoms with van der Waals surface area (Å²) in [6.45, 7) is 1.29. The molecule has 1 aliphatic heterocycles. The molecule has 2 atom stereocenters. The number of esters is 2. The molecule has 0 N–H and O–H groups in total. The molecule has 2 amide bonds. The number of nitrogens with zero attached hydrogens (tertiary/aromatic N) is 1. The van der Waals surface area contributed by atoms with Crippen LogP contribution in [0.4, 0.5) is 0 Å². The molecule has 3 rings (SSSR count). The molecule has 7 nitrogen and oxygen atoms in total. The number of methoxy groups -OCH3 is 1. The monoisotopic (exact) mass is 445 g/mol. The molecule has 0 saturated carbocycles. The van der Waals surface area contributed by atoms with Crippen LogP contribution in [0.25, 0.3) is 0 Å². The fourth-order valence-corrected chi connectivity index (χ4v) is 3.76. The first-order valence-electron chi connectivity index (χ1n) is 8.32. The van der Waals surface area contributed by atoms with Gasteiger partial charge >= 0.3 is 11.9 Å². The van der Waals surface area contributed by atoms with Crippen molar-refractivity contribution in [3.63, 3.8) is 0 Å². The van der Waals surface area contributed by atoms with Crippen molar-refractivity contribution in [1.82, 2.24) is 4.90 Å². The lowest BCUT2D eigenvalue weighted by Crippen LogP contribution is -2.47. The number of hydrogen-bond acceptors (Lipinski definition) is 6. The van der Waals surface area contributed by atoms with E-state index in [1.54, 1.807) is 48.5 Å². The minimum Gasteiger partial charge on any atom is -0.467 e. The van der Waals surface area contributed by atoms with Crippen LogP contribution in [0.1, 0.15) is 38.0 Å². The smallest absolute Gasteiger partial charge is 0.330 e. The van der Waals surface area contributed by atoms with Gasteiger partial charge in [-0.05, 0) is 29.8 Å². The van der Waals surface area contributed by atoms with E-state index in [1.807, 2.05) is 0 Å². The molecule has 0 spiro atoms. The molecular formula is C20H16BrNO6. The standard InChI is InChI=1S/C20H16BrNO6/c1-11(23)28-13-9-7-12(8-10-13)16(21)17(20(26)27-2)22-18(24)14-5-3-4-6-15(14)19(22)25/h3-10,16-17H,1-2H3/t16-,17+/m1/s1. The first kappa shape index (κ1) is 19.8. The summed E-state index contributed by atoms with van der Waals surface area (Å²) in [5.74, 6) is -1.97. The van der Waals surface area contributed by atoms with Gasteiger partial charge in [-0.3, -0.25) is 19.3 Å². The number of carbonyl (C=O) groups is 4. The molecule has 0 unspecified atom stereocenters. The molecule has 28 heavy (non-hydrogen) atoms. The van der Waals surface area contributed by atoms with Gasteiger partial charge in [-0.1, -0.05) is 40.2 Å². The SMILES string of the molecule is COC(=O)[C@H]([C@H](Br)c1ccc(OC(C)=O)cc1)N1C(=O)c2ccccc2C1=O. The fourth-order valence-electron chi connectivity index (χ4n) is 3.01. The summed E-state index contributed by atoms with van der Waals surface area (Å²) in [6, 6.07) is 11.6. The Hall–Kier alpha value is -3.00. The summed E-state index contributed by atoms with van der Waals surface area (Å²) in [5, 5.41) is 0. The number of amides is 2. The Labute approximate surface area is 169 Å². The van der Waals surface area contributed by atoms with E-state index in [-0.39, 0.29) is 11.1 Å². The van der Waals surface area contributed by atoms with Gasteiger partial charge in [0.15, 0.2) is 6.04 Å². The van der Waals surface area contributed by atoms with Crippen molar-refractivity contribution >= 4 is 39.7 Å². The van der Waals surface area contributed by atoms with Crippen molar-refractivity contribution in [2.45, 2.75) is 17.8 Å². The average molecular weight is 446 g/mol. The molecule has 144 valence electrons. The van der Waals surface area contributed by atoms with Crippen LogP contribution in [0.2, 0.25) is 0 Å². The highest BCUT2D eigenvalue weighted by atomic mass is 79.9. The van der Waals surface area contributed by atoms with Crippen molar-refractivity contribution in [2.24, 2.45) is 0 Å². The Morgan fingerprint density at radius 2 is 1.50 bits per heavy atom. The number of imide groups is 1. The Morgan fingerprint density at radius 3 is 1.96 bits per heavy atom. The van der Waals surface area contributed by atoms with Gasteiger partial charge in [-0.15, -0.1) is 0 Å². The van der Waals surface area contributed by atoms with E-state index in [2.05, 4.69) is 15.9 Å². The topological polar surface area (TPSA) is 90.0 Å². The van der Waals surface area contributed by atoms with Gasteiger partial charge in [0.05, 0.1) is 23.1 Å². The summed E-state index contributed by atoms with van der Waals surface area (Å²) in [7, 11) is 1.19. The highest BCUT2D eigenvalue weighted by molar-refractivity contribution is 9.09. The zero-order chi connectivity index (χ0) is 20.4. The van der Waals surface area contributed by atoms with Crippen LogP contribution < -0.4 is 4.74 Å². The van der Waals surface area contributed by atoms with Crippen molar-refractivity contribution in [3.8, 4) is 5.75 Å². The Morgan fingerprint density at radius 1 is 0.964 bits per heavy atom. The molecule has 1 heterocycles. The molecule has 0 radical (unpaired) electrons. The summed E-state index contributed by atoms with van der Waals surface area (Å²) in [5.41, 5.74) is 1.08. The van der Waals surface area contributed by atoms with Crippen molar-refractivity contribution in [1.29, 1.82) is 0 Å². The van der Waals surface area contributed by atoms with Crippen molar-refractivity contribution in [3.05, 3.63) is 65.2 Å². The van der Waals surface area contributed by atoms with Gasteiger partial charge in [0.2, 0.25) is 0 Å². The Kier molecular flexibility index (Phi) is 5.60.